The van der Waals surface area contributed by atoms with Crippen molar-refractivity contribution >= 4 is 23.6 Å². The summed E-state index contributed by atoms with van der Waals surface area (Å²) in [5.41, 5.74) is 2.13. The van der Waals surface area contributed by atoms with E-state index in [1.165, 1.54) is 0 Å². The summed E-state index contributed by atoms with van der Waals surface area (Å²) < 4.78 is 0.0625. The summed E-state index contributed by atoms with van der Waals surface area (Å²) in [5.74, 6) is -0.824. The Bertz CT molecular complexity index is 897. The number of quaternary nitrogens is 1. The Morgan fingerprint density at radius 3 is 2.29 bits per heavy atom. The van der Waals surface area contributed by atoms with Crippen LogP contribution in [0.5, 0.6) is 0 Å². The lowest BCUT2D eigenvalue weighted by atomic mass is 9.67. The molecule has 0 bridgehead atoms. The highest BCUT2D eigenvalue weighted by molar-refractivity contribution is 6.31. The average molecular weight is 450 g/mol. The van der Waals surface area contributed by atoms with E-state index in [4.69, 9.17) is 11.6 Å². The maximum absolute atomic E-state index is 12.9. The minimum Gasteiger partial charge on any atom is -0.481 e. The lowest BCUT2D eigenvalue weighted by Crippen LogP contribution is -2.66. The Hall–Kier alpha value is -1.85. The molecule has 2 rings (SSSR count). The average Bonchev–Trinajstić information content (AvgIpc) is 2.63. The number of nitrogens with one attached hydrogen (secondary N) is 1. The summed E-state index contributed by atoms with van der Waals surface area (Å²) in [7, 11) is 3.77. The minimum atomic E-state index is -0.824. The van der Waals surface area contributed by atoms with Crippen LogP contribution in [0.25, 0.3) is 0 Å². The molecule has 1 atom stereocenters. The van der Waals surface area contributed by atoms with E-state index >= 15 is 0 Å². The predicted molar refractivity (Wildman–Crippen MR) is 126 cm³/mol. The van der Waals surface area contributed by atoms with E-state index in [0.29, 0.717) is 11.4 Å². The van der Waals surface area contributed by atoms with E-state index in [-0.39, 0.29) is 22.3 Å². The van der Waals surface area contributed by atoms with Crippen LogP contribution in [0.4, 0.5) is 4.79 Å². The second-order valence-corrected chi connectivity index (χ2v) is 11.6. The largest absolute Gasteiger partial charge is 0.481 e. The van der Waals surface area contributed by atoms with Gasteiger partial charge in [0.2, 0.25) is 0 Å². The molecule has 31 heavy (non-hydrogen) atoms. The number of halogens is 1. The zero-order chi connectivity index (χ0) is 23.8. The summed E-state index contributed by atoms with van der Waals surface area (Å²) in [6.07, 6.45) is 4.23. The Morgan fingerprint density at radius 2 is 1.77 bits per heavy atom. The molecule has 0 fully saturated rings. The van der Waals surface area contributed by atoms with Crippen molar-refractivity contribution in [3.8, 4) is 0 Å². The van der Waals surface area contributed by atoms with Gasteiger partial charge in [-0.25, -0.2) is 9.28 Å². The van der Waals surface area contributed by atoms with E-state index in [0.717, 1.165) is 29.5 Å². The van der Waals surface area contributed by atoms with Crippen LogP contribution in [0.1, 0.15) is 71.9 Å². The van der Waals surface area contributed by atoms with Crippen molar-refractivity contribution in [2.24, 2.45) is 10.8 Å². The first-order chi connectivity index (χ1) is 14.0. The number of urea groups is 1. The van der Waals surface area contributed by atoms with Crippen molar-refractivity contribution in [2.45, 2.75) is 72.8 Å². The van der Waals surface area contributed by atoms with Gasteiger partial charge in [-0.3, -0.25) is 10.1 Å². The number of carboxylic acid groups (broad SMARTS) is 1. The smallest absolute Gasteiger partial charge is 0.421 e. The number of nitrogens with zero attached hydrogens (tertiary/aromatic N) is 1. The van der Waals surface area contributed by atoms with Crippen LogP contribution < -0.4 is 5.32 Å². The van der Waals surface area contributed by atoms with Crippen molar-refractivity contribution in [3.05, 3.63) is 46.1 Å². The fourth-order valence-corrected chi connectivity index (χ4v) is 4.66. The molecule has 2 N–H and O–H groups in total. The molecule has 1 aromatic carbocycles. The Morgan fingerprint density at radius 1 is 1.16 bits per heavy atom. The molecule has 1 aliphatic heterocycles. The Kier molecular flexibility index (Phi) is 7.04. The monoisotopic (exact) mass is 449 g/mol. The zero-order valence-electron chi connectivity index (χ0n) is 20.2. The predicted octanol–water partition coefficient (Wildman–Crippen LogP) is 6.11. The summed E-state index contributed by atoms with van der Waals surface area (Å²) in [5, 5.41) is 12.8. The molecule has 0 aliphatic carbocycles. The molecule has 1 heterocycles. The van der Waals surface area contributed by atoms with E-state index in [2.05, 4.69) is 45.1 Å². The van der Waals surface area contributed by atoms with E-state index in [1.807, 2.05) is 34.0 Å². The standard InChI is InChI=1S/C25H37ClN2O3/c1-23(2,3)13-11-17-9-10-18(15-19(17)26)25(6)20(16-27-22(31)28(25,7)8)24(4,5)14-12-21(29)30/h9-10,15-16H,11-14H2,1-8H3,(H-,27,29,30,31)/p+1. The maximum Gasteiger partial charge on any atom is 0.421 e. The fraction of sp³-hybridized carbons (Fsp3) is 0.600. The van der Waals surface area contributed by atoms with Gasteiger partial charge >= 0.3 is 12.0 Å². The highest BCUT2D eigenvalue weighted by Crippen LogP contribution is 2.50. The van der Waals surface area contributed by atoms with Gasteiger partial charge in [0, 0.05) is 28.8 Å². The number of amides is 2. The second-order valence-electron chi connectivity index (χ2n) is 11.2. The third-order valence-electron chi connectivity index (χ3n) is 6.94. The number of carbonyl (C=O) groups is 2. The van der Waals surface area contributed by atoms with Gasteiger partial charge in [-0.15, -0.1) is 0 Å². The van der Waals surface area contributed by atoms with Crippen LogP contribution in [0, 0.1) is 10.8 Å². The number of carboxylic acids is 1. The molecule has 1 unspecified atom stereocenters. The molecular weight excluding hydrogens is 412 g/mol. The minimum absolute atomic E-state index is 0.0625. The molecular formula is C25H38ClN2O3+. The normalized spacial score (nSPS) is 21.5. The van der Waals surface area contributed by atoms with Crippen molar-refractivity contribution in [3.63, 3.8) is 0 Å². The molecule has 2 amide bonds. The third kappa shape index (κ3) is 5.15. The van der Waals surface area contributed by atoms with Gasteiger partial charge in [0.25, 0.3) is 0 Å². The highest BCUT2D eigenvalue weighted by Gasteiger charge is 2.56. The Labute approximate surface area is 192 Å². The third-order valence-corrected chi connectivity index (χ3v) is 7.29. The van der Waals surface area contributed by atoms with Crippen molar-refractivity contribution in [2.75, 3.05) is 14.1 Å². The van der Waals surface area contributed by atoms with Crippen molar-refractivity contribution < 1.29 is 19.2 Å². The first-order valence-electron chi connectivity index (χ1n) is 10.9. The molecule has 1 aromatic rings. The van der Waals surface area contributed by atoms with Gasteiger partial charge in [0.1, 0.15) is 0 Å². The number of rotatable bonds is 7. The van der Waals surface area contributed by atoms with Gasteiger partial charge in [0.15, 0.2) is 5.54 Å². The van der Waals surface area contributed by atoms with Gasteiger partial charge in [0.05, 0.1) is 14.1 Å². The zero-order valence-corrected chi connectivity index (χ0v) is 21.0. The van der Waals surface area contributed by atoms with Crippen LogP contribution in [-0.2, 0) is 16.8 Å². The summed E-state index contributed by atoms with van der Waals surface area (Å²) in [4.78, 5) is 24.1. The molecule has 0 radical (unpaired) electrons. The van der Waals surface area contributed by atoms with Gasteiger partial charge in [-0.2, -0.15) is 0 Å². The van der Waals surface area contributed by atoms with Crippen LogP contribution in [-0.4, -0.2) is 35.7 Å². The lowest BCUT2D eigenvalue weighted by Gasteiger charge is -2.51. The number of benzene rings is 1. The molecule has 0 saturated carbocycles. The van der Waals surface area contributed by atoms with Crippen LogP contribution in [0.2, 0.25) is 5.02 Å². The second kappa shape index (κ2) is 8.59. The van der Waals surface area contributed by atoms with Crippen LogP contribution in [0.3, 0.4) is 0 Å². The van der Waals surface area contributed by atoms with Gasteiger partial charge < -0.3 is 5.11 Å². The van der Waals surface area contributed by atoms with E-state index in [9.17, 15) is 14.7 Å². The van der Waals surface area contributed by atoms with Crippen LogP contribution in [0.15, 0.2) is 30.0 Å². The molecule has 0 aromatic heterocycles. The summed E-state index contributed by atoms with van der Waals surface area (Å²) in [6.45, 7) is 12.8. The number of aliphatic carboxylic acids is 1. The molecule has 172 valence electrons. The molecule has 1 aliphatic rings. The maximum atomic E-state index is 12.9. The number of hydrogen-bond acceptors (Lipinski definition) is 2. The topological polar surface area (TPSA) is 66.4 Å². The molecule has 0 saturated heterocycles. The quantitative estimate of drug-likeness (QED) is 0.493. The summed E-state index contributed by atoms with van der Waals surface area (Å²) >= 11 is 6.73. The SMILES string of the molecule is CC(C)(C)CCc1ccc(C2(C)C(C(C)(C)CCC(=O)O)=CNC(=O)[N+]2(C)C)cc1Cl. The van der Waals surface area contributed by atoms with Crippen LogP contribution >= 0.6 is 11.6 Å². The number of likely N-dealkylation sites (N-methyl/N-ethyl adjacent to an activating group) is 1. The number of carbonyl (C=O) groups excluding carboxylic acids is 1. The lowest BCUT2D eigenvalue weighted by molar-refractivity contribution is -0.867. The highest BCUT2D eigenvalue weighted by atomic mass is 35.5. The fourth-order valence-electron chi connectivity index (χ4n) is 4.39. The first-order valence-corrected chi connectivity index (χ1v) is 11.3. The molecule has 5 nitrogen and oxygen atoms in total. The van der Waals surface area contributed by atoms with E-state index in [1.54, 1.807) is 6.20 Å². The first kappa shape index (κ1) is 25.4. The number of aryl methyl sites for hydroxylation is 1. The van der Waals surface area contributed by atoms with Gasteiger partial charge in [-0.1, -0.05) is 58.4 Å². The van der Waals surface area contributed by atoms with Crippen molar-refractivity contribution in [1.29, 1.82) is 0 Å². The van der Waals surface area contributed by atoms with E-state index < -0.39 is 16.9 Å². The molecule has 6 heteroatoms. The van der Waals surface area contributed by atoms with Gasteiger partial charge in [-0.05, 0) is 48.6 Å². The molecule has 0 spiro atoms. The van der Waals surface area contributed by atoms with Crippen molar-refractivity contribution in [1.82, 2.24) is 5.32 Å². The Balaban J connectivity index is 2.55. The number of hydrogen-bond donors (Lipinski definition) is 2. The summed E-state index contributed by atoms with van der Waals surface area (Å²) in [6, 6.07) is 6.01.